The number of aromatic nitrogens is 1. The lowest BCUT2D eigenvalue weighted by Gasteiger charge is -2.15. The number of halogens is 1. The number of pyridine rings is 1. The van der Waals surface area contributed by atoms with E-state index < -0.39 is 0 Å². The summed E-state index contributed by atoms with van der Waals surface area (Å²) in [7, 11) is 0. The molecule has 1 N–H and O–H groups in total. The van der Waals surface area contributed by atoms with Crippen LogP contribution >= 0.6 is 22.9 Å². The molecular formula is C15H17ClN2OS. The lowest BCUT2D eigenvalue weighted by atomic mass is 10.1. The summed E-state index contributed by atoms with van der Waals surface area (Å²) in [5.74, 6) is -0.107. The number of carbonyl (C=O) groups excluding carboxylic acids is 1. The number of hydrogen-bond acceptors (Lipinski definition) is 3. The van der Waals surface area contributed by atoms with Gasteiger partial charge in [-0.1, -0.05) is 31.5 Å². The molecule has 20 heavy (non-hydrogen) atoms. The first-order valence-electron chi connectivity index (χ1n) is 6.64. The first kappa shape index (κ1) is 15.0. The molecule has 0 spiro atoms. The van der Waals surface area contributed by atoms with Crippen LogP contribution in [0.4, 0.5) is 0 Å². The second-order valence-corrected chi connectivity index (χ2v) is 5.84. The van der Waals surface area contributed by atoms with Crippen LogP contribution in [0.25, 0.3) is 0 Å². The maximum absolute atomic E-state index is 12.3. The molecule has 0 radical (unpaired) electrons. The highest BCUT2D eigenvalue weighted by atomic mass is 35.5. The van der Waals surface area contributed by atoms with Crippen molar-refractivity contribution >= 4 is 28.8 Å². The van der Waals surface area contributed by atoms with Crippen LogP contribution in [-0.4, -0.2) is 10.9 Å². The van der Waals surface area contributed by atoms with E-state index >= 15 is 0 Å². The van der Waals surface area contributed by atoms with Crippen molar-refractivity contribution in [2.75, 3.05) is 0 Å². The minimum atomic E-state index is -0.107. The molecular weight excluding hydrogens is 292 g/mol. The number of rotatable bonds is 5. The van der Waals surface area contributed by atoms with Gasteiger partial charge >= 0.3 is 0 Å². The Labute approximate surface area is 128 Å². The Balaban J connectivity index is 2.17. The van der Waals surface area contributed by atoms with Crippen molar-refractivity contribution in [3.05, 3.63) is 50.9 Å². The SMILES string of the molecule is CCc1cc(C(=O)NC(CC)c2cccs2)cc(Cl)n1. The lowest BCUT2D eigenvalue weighted by Crippen LogP contribution is -2.27. The van der Waals surface area contributed by atoms with Crippen molar-refractivity contribution in [1.82, 2.24) is 10.3 Å². The molecule has 0 saturated carbocycles. The van der Waals surface area contributed by atoms with Gasteiger partial charge in [-0.15, -0.1) is 11.3 Å². The van der Waals surface area contributed by atoms with Gasteiger partial charge in [-0.05, 0) is 36.4 Å². The van der Waals surface area contributed by atoms with E-state index in [0.29, 0.717) is 10.7 Å². The number of aryl methyl sites for hydroxylation is 1. The summed E-state index contributed by atoms with van der Waals surface area (Å²) in [6.07, 6.45) is 1.61. The van der Waals surface area contributed by atoms with Crippen LogP contribution in [0.5, 0.6) is 0 Å². The topological polar surface area (TPSA) is 42.0 Å². The molecule has 1 atom stereocenters. The van der Waals surface area contributed by atoms with Crippen LogP contribution in [0.1, 0.15) is 47.2 Å². The molecule has 0 bridgehead atoms. The van der Waals surface area contributed by atoms with E-state index in [1.165, 1.54) is 0 Å². The van der Waals surface area contributed by atoms with Gasteiger partial charge in [-0.25, -0.2) is 4.98 Å². The molecule has 2 aromatic rings. The van der Waals surface area contributed by atoms with Gasteiger partial charge in [0.25, 0.3) is 5.91 Å². The average molecular weight is 309 g/mol. The fourth-order valence-corrected chi connectivity index (χ4v) is 3.06. The fourth-order valence-electron chi connectivity index (χ4n) is 1.97. The van der Waals surface area contributed by atoms with E-state index in [-0.39, 0.29) is 11.9 Å². The summed E-state index contributed by atoms with van der Waals surface area (Å²) >= 11 is 7.60. The Morgan fingerprint density at radius 3 is 2.85 bits per heavy atom. The fraction of sp³-hybridized carbons (Fsp3) is 0.333. The zero-order valence-corrected chi connectivity index (χ0v) is 13.1. The second kappa shape index (κ2) is 6.86. The third-order valence-corrected chi connectivity index (χ3v) is 4.25. The van der Waals surface area contributed by atoms with Crippen LogP contribution < -0.4 is 5.32 Å². The van der Waals surface area contributed by atoms with Crippen molar-refractivity contribution in [2.24, 2.45) is 0 Å². The van der Waals surface area contributed by atoms with E-state index in [1.807, 2.05) is 24.4 Å². The lowest BCUT2D eigenvalue weighted by molar-refractivity contribution is 0.0936. The van der Waals surface area contributed by atoms with Gasteiger partial charge in [0.1, 0.15) is 5.15 Å². The normalized spacial score (nSPS) is 12.2. The molecule has 0 aliphatic heterocycles. The Kier molecular flexibility index (Phi) is 5.15. The zero-order chi connectivity index (χ0) is 14.5. The molecule has 5 heteroatoms. The second-order valence-electron chi connectivity index (χ2n) is 4.47. The molecule has 0 aliphatic carbocycles. The van der Waals surface area contributed by atoms with Crippen LogP contribution in [0.2, 0.25) is 5.15 Å². The smallest absolute Gasteiger partial charge is 0.251 e. The molecule has 2 aromatic heterocycles. The first-order chi connectivity index (χ1) is 9.63. The minimum Gasteiger partial charge on any atom is -0.344 e. The van der Waals surface area contributed by atoms with Crippen molar-refractivity contribution in [3.8, 4) is 0 Å². The van der Waals surface area contributed by atoms with Gasteiger partial charge in [0, 0.05) is 16.1 Å². The van der Waals surface area contributed by atoms with Crippen molar-refractivity contribution in [3.63, 3.8) is 0 Å². The summed E-state index contributed by atoms with van der Waals surface area (Å²) < 4.78 is 0. The molecule has 106 valence electrons. The molecule has 1 unspecified atom stereocenters. The molecule has 0 fully saturated rings. The van der Waals surface area contributed by atoms with Gasteiger partial charge < -0.3 is 5.32 Å². The van der Waals surface area contributed by atoms with Crippen molar-refractivity contribution in [2.45, 2.75) is 32.7 Å². The quantitative estimate of drug-likeness (QED) is 0.839. The number of amides is 1. The monoisotopic (exact) mass is 308 g/mol. The first-order valence-corrected chi connectivity index (χ1v) is 7.90. The Bertz CT molecular complexity index is 584. The number of carbonyl (C=O) groups is 1. The van der Waals surface area contributed by atoms with E-state index in [0.717, 1.165) is 23.4 Å². The minimum absolute atomic E-state index is 0.0412. The summed E-state index contributed by atoms with van der Waals surface area (Å²) in [6.45, 7) is 4.04. The van der Waals surface area contributed by atoms with Gasteiger partial charge in [-0.3, -0.25) is 4.79 Å². The summed E-state index contributed by atoms with van der Waals surface area (Å²) in [4.78, 5) is 17.7. The van der Waals surface area contributed by atoms with Crippen molar-refractivity contribution in [1.29, 1.82) is 0 Å². The molecule has 1 amide bonds. The van der Waals surface area contributed by atoms with Crippen LogP contribution in [0.15, 0.2) is 29.6 Å². The van der Waals surface area contributed by atoms with Gasteiger partial charge in [0.15, 0.2) is 0 Å². The Morgan fingerprint density at radius 1 is 1.45 bits per heavy atom. The number of nitrogens with zero attached hydrogens (tertiary/aromatic N) is 1. The zero-order valence-electron chi connectivity index (χ0n) is 11.5. The summed E-state index contributed by atoms with van der Waals surface area (Å²) in [6, 6.07) is 7.47. The number of hydrogen-bond donors (Lipinski definition) is 1. The van der Waals surface area contributed by atoms with Crippen LogP contribution in [0.3, 0.4) is 0 Å². The Morgan fingerprint density at radius 2 is 2.25 bits per heavy atom. The molecule has 0 aliphatic rings. The highest BCUT2D eigenvalue weighted by Crippen LogP contribution is 2.22. The van der Waals surface area contributed by atoms with Crippen molar-refractivity contribution < 1.29 is 4.79 Å². The molecule has 0 aromatic carbocycles. The maximum atomic E-state index is 12.3. The van der Waals surface area contributed by atoms with Crippen LogP contribution in [0, 0.1) is 0 Å². The largest absolute Gasteiger partial charge is 0.344 e. The molecule has 3 nitrogen and oxygen atoms in total. The predicted octanol–water partition coefficient (Wildman–Crippen LogP) is 4.24. The number of nitrogens with one attached hydrogen (secondary N) is 1. The Hall–Kier alpha value is -1.39. The highest BCUT2D eigenvalue weighted by molar-refractivity contribution is 7.10. The molecule has 2 rings (SSSR count). The van der Waals surface area contributed by atoms with E-state index in [9.17, 15) is 4.79 Å². The molecule has 2 heterocycles. The van der Waals surface area contributed by atoms with Gasteiger partial charge in [0.2, 0.25) is 0 Å². The maximum Gasteiger partial charge on any atom is 0.251 e. The van der Waals surface area contributed by atoms with E-state index in [4.69, 9.17) is 11.6 Å². The predicted molar refractivity (Wildman–Crippen MR) is 83.4 cm³/mol. The number of thiophene rings is 1. The third-order valence-electron chi connectivity index (χ3n) is 3.07. The van der Waals surface area contributed by atoms with Gasteiger partial charge in [0.05, 0.1) is 6.04 Å². The summed E-state index contributed by atoms with van der Waals surface area (Å²) in [5.41, 5.74) is 1.39. The van der Waals surface area contributed by atoms with Crippen LogP contribution in [-0.2, 0) is 6.42 Å². The molecule has 0 saturated heterocycles. The standard InChI is InChI=1S/C15H17ClN2OS/c1-3-11-8-10(9-14(16)17-11)15(19)18-12(4-2)13-6-5-7-20-13/h5-9,12H,3-4H2,1-2H3,(H,18,19). The van der Waals surface area contributed by atoms with Gasteiger partial charge in [-0.2, -0.15) is 0 Å². The highest BCUT2D eigenvalue weighted by Gasteiger charge is 2.16. The third kappa shape index (κ3) is 3.58. The average Bonchev–Trinajstić information content (AvgIpc) is 2.97. The van der Waals surface area contributed by atoms with E-state index in [1.54, 1.807) is 23.5 Å². The summed E-state index contributed by atoms with van der Waals surface area (Å²) in [5, 5.41) is 5.43. The van der Waals surface area contributed by atoms with E-state index in [2.05, 4.69) is 17.2 Å².